The summed E-state index contributed by atoms with van der Waals surface area (Å²) < 4.78 is 0. The zero-order valence-corrected chi connectivity index (χ0v) is 13.1. The lowest BCUT2D eigenvalue weighted by atomic mass is 9.94. The number of rotatable bonds is 2. The van der Waals surface area contributed by atoms with Gasteiger partial charge in [0.15, 0.2) is 5.78 Å². The minimum Gasteiger partial charge on any atom is -0.372 e. The van der Waals surface area contributed by atoms with Crippen LogP contribution < -0.4 is 10.2 Å². The van der Waals surface area contributed by atoms with E-state index in [0.29, 0.717) is 29.9 Å². The van der Waals surface area contributed by atoms with Gasteiger partial charge >= 0.3 is 0 Å². The lowest BCUT2D eigenvalue weighted by molar-refractivity contribution is 0.0972. The molecule has 5 heteroatoms. The summed E-state index contributed by atoms with van der Waals surface area (Å²) in [4.78, 5) is 23.9. The SMILES string of the molecule is CNc1nc(N2[C@H](C)CCC[C@H]2C)nc2c1C(=O)CCC2. The molecule has 1 aromatic rings. The van der Waals surface area contributed by atoms with Crippen LogP contribution in [0, 0.1) is 0 Å². The smallest absolute Gasteiger partial charge is 0.228 e. The van der Waals surface area contributed by atoms with Crippen LogP contribution in [0.3, 0.4) is 0 Å². The third-order valence-electron chi connectivity index (χ3n) is 4.73. The van der Waals surface area contributed by atoms with Gasteiger partial charge in [-0.3, -0.25) is 4.79 Å². The number of anilines is 2. The second-order valence-electron chi connectivity index (χ2n) is 6.26. The number of piperidine rings is 1. The average Bonchev–Trinajstić information content (AvgIpc) is 2.46. The number of fused-ring (bicyclic) bond motifs is 1. The van der Waals surface area contributed by atoms with Gasteiger partial charge in [-0.2, -0.15) is 4.98 Å². The Morgan fingerprint density at radius 1 is 1.10 bits per heavy atom. The summed E-state index contributed by atoms with van der Waals surface area (Å²) in [6.45, 7) is 4.48. The van der Waals surface area contributed by atoms with Crippen molar-refractivity contribution in [3.05, 3.63) is 11.3 Å². The highest BCUT2D eigenvalue weighted by Gasteiger charge is 2.30. The first kappa shape index (κ1) is 14.3. The molecule has 2 heterocycles. The molecule has 21 heavy (non-hydrogen) atoms. The van der Waals surface area contributed by atoms with Crippen LogP contribution in [0.2, 0.25) is 0 Å². The van der Waals surface area contributed by atoms with E-state index in [1.165, 1.54) is 19.3 Å². The Labute approximate surface area is 126 Å². The van der Waals surface area contributed by atoms with Crippen molar-refractivity contribution in [2.75, 3.05) is 17.3 Å². The van der Waals surface area contributed by atoms with Gasteiger partial charge in [0, 0.05) is 25.6 Å². The minimum absolute atomic E-state index is 0.173. The van der Waals surface area contributed by atoms with E-state index in [1.54, 1.807) is 0 Å². The summed E-state index contributed by atoms with van der Waals surface area (Å²) in [6, 6.07) is 0.909. The maximum Gasteiger partial charge on any atom is 0.228 e. The lowest BCUT2D eigenvalue weighted by Gasteiger charge is -2.39. The van der Waals surface area contributed by atoms with Gasteiger partial charge in [0.05, 0.1) is 11.3 Å². The third kappa shape index (κ3) is 2.49. The molecule has 0 amide bonds. The first-order valence-electron chi connectivity index (χ1n) is 8.02. The van der Waals surface area contributed by atoms with E-state index in [9.17, 15) is 4.79 Å². The molecule has 0 unspecified atom stereocenters. The quantitative estimate of drug-likeness (QED) is 0.907. The maximum atomic E-state index is 12.1. The van der Waals surface area contributed by atoms with Gasteiger partial charge in [-0.25, -0.2) is 4.98 Å². The molecule has 0 aromatic carbocycles. The monoisotopic (exact) mass is 288 g/mol. The molecule has 114 valence electrons. The second kappa shape index (κ2) is 5.62. The van der Waals surface area contributed by atoms with Crippen LogP contribution in [0.5, 0.6) is 0 Å². The summed E-state index contributed by atoms with van der Waals surface area (Å²) in [7, 11) is 1.83. The number of carbonyl (C=O) groups excluding carboxylic acids is 1. The van der Waals surface area contributed by atoms with Crippen molar-refractivity contribution < 1.29 is 4.79 Å². The highest BCUT2D eigenvalue weighted by molar-refractivity contribution is 6.02. The molecule has 5 nitrogen and oxygen atoms in total. The molecule has 2 atom stereocenters. The number of nitrogens with zero attached hydrogens (tertiary/aromatic N) is 3. The number of nitrogens with one attached hydrogen (secondary N) is 1. The van der Waals surface area contributed by atoms with Crippen LogP contribution in [0.25, 0.3) is 0 Å². The van der Waals surface area contributed by atoms with E-state index in [2.05, 4.69) is 29.0 Å². The van der Waals surface area contributed by atoms with E-state index in [1.807, 2.05) is 7.05 Å². The van der Waals surface area contributed by atoms with Crippen LogP contribution >= 0.6 is 0 Å². The van der Waals surface area contributed by atoms with Crippen molar-refractivity contribution in [3.8, 4) is 0 Å². The fourth-order valence-electron chi connectivity index (χ4n) is 3.62. The number of hydrogen-bond acceptors (Lipinski definition) is 5. The van der Waals surface area contributed by atoms with E-state index < -0.39 is 0 Å². The van der Waals surface area contributed by atoms with Gasteiger partial charge in [0.25, 0.3) is 0 Å². The fourth-order valence-corrected chi connectivity index (χ4v) is 3.62. The molecule has 0 radical (unpaired) electrons. The normalized spacial score (nSPS) is 25.7. The van der Waals surface area contributed by atoms with E-state index in [0.717, 1.165) is 24.5 Å². The first-order valence-corrected chi connectivity index (χ1v) is 8.02. The number of aryl methyl sites for hydroxylation is 1. The molecular weight excluding hydrogens is 264 g/mol. The maximum absolute atomic E-state index is 12.1. The van der Waals surface area contributed by atoms with E-state index >= 15 is 0 Å². The highest BCUT2D eigenvalue weighted by atomic mass is 16.1. The fraction of sp³-hybridized carbons (Fsp3) is 0.688. The molecule has 0 spiro atoms. The zero-order valence-electron chi connectivity index (χ0n) is 13.1. The Balaban J connectivity index is 2.05. The van der Waals surface area contributed by atoms with Crippen molar-refractivity contribution in [2.45, 2.75) is 64.5 Å². The van der Waals surface area contributed by atoms with E-state index in [-0.39, 0.29) is 5.78 Å². The molecule has 1 N–H and O–H groups in total. The van der Waals surface area contributed by atoms with Gasteiger partial charge in [-0.1, -0.05) is 0 Å². The van der Waals surface area contributed by atoms with Crippen molar-refractivity contribution in [3.63, 3.8) is 0 Å². The molecule has 1 aromatic heterocycles. The van der Waals surface area contributed by atoms with Gasteiger partial charge in [-0.05, 0) is 46.0 Å². The van der Waals surface area contributed by atoms with Crippen molar-refractivity contribution in [2.24, 2.45) is 0 Å². The molecule has 2 aliphatic rings. The summed E-state index contributed by atoms with van der Waals surface area (Å²) in [5.41, 5.74) is 1.63. The Kier molecular flexibility index (Phi) is 3.83. The lowest BCUT2D eigenvalue weighted by Crippen LogP contribution is -2.45. The molecule has 1 saturated heterocycles. The molecule has 1 aliphatic heterocycles. The Morgan fingerprint density at radius 2 is 1.81 bits per heavy atom. The van der Waals surface area contributed by atoms with Gasteiger partial charge in [0.2, 0.25) is 5.95 Å². The predicted molar refractivity (Wildman–Crippen MR) is 84.1 cm³/mol. The summed E-state index contributed by atoms with van der Waals surface area (Å²) in [5.74, 6) is 1.66. The molecule has 1 aliphatic carbocycles. The third-order valence-corrected chi connectivity index (χ3v) is 4.73. The largest absolute Gasteiger partial charge is 0.372 e. The number of aromatic nitrogens is 2. The van der Waals surface area contributed by atoms with Crippen molar-refractivity contribution >= 4 is 17.5 Å². The molecular formula is C16H24N4O. The topological polar surface area (TPSA) is 58.1 Å². The van der Waals surface area contributed by atoms with Crippen LogP contribution in [0.1, 0.15) is 62.0 Å². The first-order chi connectivity index (χ1) is 10.1. The Hall–Kier alpha value is -1.65. The highest BCUT2D eigenvalue weighted by Crippen LogP contribution is 2.31. The number of ketones is 1. The number of hydrogen-bond donors (Lipinski definition) is 1. The van der Waals surface area contributed by atoms with Gasteiger partial charge in [-0.15, -0.1) is 0 Å². The molecule has 1 fully saturated rings. The van der Waals surface area contributed by atoms with Crippen LogP contribution in [-0.2, 0) is 6.42 Å². The van der Waals surface area contributed by atoms with Gasteiger partial charge < -0.3 is 10.2 Å². The van der Waals surface area contributed by atoms with Crippen molar-refractivity contribution in [1.29, 1.82) is 0 Å². The summed E-state index contributed by atoms with van der Waals surface area (Å²) in [5, 5.41) is 3.10. The molecule has 0 bridgehead atoms. The van der Waals surface area contributed by atoms with E-state index in [4.69, 9.17) is 4.98 Å². The van der Waals surface area contributed by atoms with Crippen LogP contribution in [-0.4, -0.2) is 34.9 Å². The molecule has 3 rings (SSSR count). The summed E-state index contributed by atoms with van der Waals surface area (Å²) in [6.07, 6.45) is 6.01. The second-order valence-corrected chi connectivity index (χ2v) is 6.26. The van der Waals surface area contributed by atoms with Crippen LogP contribution in [0.4, 0.5) is 11.8 Å². The van der Waals surface area contributed by atoms with Crippen LogP contribution in [0.15, 0.2) is 0 Å². The standard InChI is InChI=1S/C16H24N4O/c1-10-6-4-7-11(2)20(10)16-18-12-8-5-9-13(21)14(12)15(17-3)19-16/h10-11H,4-9H2,1-3H3,(H,17,18,19)/t10-,11-/m1/s1. The zero-order chi connectivity index (χ0) is 15.0. The Morgan fingerprint density at radius 3 is 2.48 bits per heavy atom. The average molecular weight is 288 g/mol. The minimum atomic E-state index is 0.173. The number of carbonyl (C=O) groups is 1. The Bertz CT molecular complexity index is 530. The number of Topliss-reactive ketones (excluding diaryl/α,β-unsaturated/α-hetero) is 1. The predicted octanol–water partition coefficient (Wildman–Crippen LogP) is 2.80. The molecule has 0 saturated carbocycles. The summed E-state index contributed by atoms with van der Waals surface area (Å²) >= 11 is 0. The van der Waals surface area contributed by atoms with Crippen molar-refractivity contribution in [1.82, 2.24) is 9.97 Å². The van der Waals surface area contributed by atoms with Gasteiger partial charge in [0.1, 0.15) is 5.82 Å².